The first-order valence-electron chi connectivity index (χ1n) is 11.1. The molecule has 1 aliphatic heterocycles. The van der Waals surface area contributed by atoms with E-state index in [0.29, 0.717) is 31.0 Å². The molecule has 1 aromatic heterocycles. The molecule has 2 amide bonds. The number of benzene rings is 1. The molecular formula is C23H31N5O6S. The zero-order valence-electron chi connectivity index (χ0n) is 20.0. The Kier molecular flexibility index (Phi) is 8.65. The predicted molar refractivity (Wildman–Crippen MR) is 133 cm³/mol. The van der Waals surface area contributed by atoms with Crippen molar-refractivity contribution in [1.82, 2.24) is 10.3 Å². The molecule has 2 atom stereocenters. The van der Waals surface area contributed by atoms with Gasteiger partial charge in [-0.3, -0.25) is 9.80 Å². The molecule has 2 heterocycles. The number of ether oxygens (including phenoxy) is 2. The molecule has 1 aromatic carbocycles. The molecule has 35 heavy (non-hydrogen) atoms. The number of nitrogens with zero attached hydrogens (tertiary/aromatic N) is 3. The standard InChI is InChI=1S/C23H31N5O6S/c1-16-15-27(22(29)34-21-6-4-5-9-26-21)20-12-17(7-8-19(20)28(16)23(30)33-2)18(13-24)14-25-10-11-35(3,31)32/h4-9,12,16,18,25H,10-11,13-15,24H2,1-3H3/t16-,18?/m0/s1. The smallest absolute Gasteiger partial charge is 0.421 e. The topological polar surface area (TPSA) is 144 Å². The number of pyridine rings is 1. The molecule has 0 fully saturated rings. The van der Waals surface area contributed by atoms with Gasteiger partial charge in [0.05, 0.1) is 36.8 Å². The second-order valence-corrected chi connectivity index (χ2v) is 10.6. The molecule has 2 aromatic rings. The van der Waals surface area contributed by atoms with E-state index in [4.69, 9.17) is 15.2 Å². The van der Waals surface area contributed by atoms with Crippen molar-refractivity contribution in [2.24, 2.45) is 5.73 Å². The van der Waals surface area contributed by atoms with Crippen LogP contribution in [0, 0.1) is 0 Å². The number of carbonyl (C=O) groups is 2. The fourth-order valence-electron chi connectivity index (χ4n) is 3.87. The summed E-state index contributed by atoms with van der Waals surface area (Å²) >= 11 is 0. The fraction of sp³-hybridized carbons (Fsp3) is 0.435. The highest BCUT2D eigenvalue weighted by molar-refractivity contribution is 7.90. The van der Waals surface area contributed by atoms with E-state index < -0.39 is 22.0 Å². The number of amides is 2. The van der Waals surface area contributed by atoms with Crippen LogP contribution in [0.15, 0.2) is 42.6 Å². The summed E-state index contributed by atoms with van der Waals surface area (Å²) in [4.78, 5) is 32.6. The van der Waals surface area contributed by atoms with Crippen molar-refractivity contribution in [2.75, 3.05) is 55.1 Å². The summed E-state index contributed by atoms with van der Waals surface area (Å²) in [7, 11) is -1.77. The molecule has 0 bridgehead atoms. The lowest BCUT2D eigenvalue weighted by Crippen LogP contribution is -2.52. The number of fused-ring (bicyclic) bond motifs is 1. The van der Waals surface area contributed by atoms with Crippen molar-refractivity contribution < 1.29 is 27.5 Å². The van der Waals surface area contributed by atoms with Crippen molar-refractivity contribution in [3.05, 3.63) is 48.2 Å². The largest absolute Gasteiger partial charge is 0.452 e. The third kappa shape index (κ3) is 6.68. The number of sulfone groups is 1. The van der Waals surface area contributed by atoms with Gasteiger partial charge in [0.25, 0.3) is 0 Å². The van der Waals surface area contributed by atoms with Gasteiger partial charge in [-0.25, -0.2) is 23.0 Å². The summed E-state index contributed by atoms with van der Waals surface area (Å²) in [5, 5.41) is 3.12. The molecule has 11 nitrogen and oxygen atoms in total. The van der Waals surface area contributed by atoms with Crippen molar-refractivity contribution in [3.8, 4) is 5.88 Å². The van der Waals surface area contributed by atoms with Gasteiger partial charge in [-0.2, -0.15) is 0 Å². The third-order valence-corrected chi connectivity index (χ3v) is 6.60. The van der Waals surface area contributed by atoms with Crippen molar-refractivity contribution >= 4 is 33.4 Å². The van der Waals surface area contributed by atoms with Gasteiger partial charge in [-0.15, -0.1) is 0 Å². The number of carbonyl (C=O) groups excluding carboxylic acids is 2. The molecule has 0 aliphatic carbocycles. The molecule has 1 unspecified atom stereocenters. The molecule has 12 heteroatoms. The SMILES string of the molecule is COC(=O)N1c2ccc(C(CN)CNCCS(C)(=O)=O)cc2N(C(=O)Oc2ccccn2)C[C@@H]1C. The maximum Gasteiger partial charge on any atom is 0.421 e. The van der Waals surface area contributed by atoms with Crippen LogP contribution in [-0.4, -0.2) is 76.9 Å². The number of nitrogens with two attached hydrogens (primary N) is 1. The first-order chi connectivity index (χ1) is 16.6. The highest BCUT2D eigenvalue weighted by Crippen LogP contribution is 2.38. The Morgan fingerprint density at radius 2 is 2.00 bits per heavy atom. The summed E-state index contributed by atoms with van der Waals surface area (Å²) in [6.07, 6.45) is 1.54. The van der Waals surface area contributed by atoms with Crippen LogP contribution in [0.1, 0.15) is 18.4 Å². The van der Waals surface area contributed by atoms with Gasteiger partial charge in [0.15, 0.2) is 0 Å². The molecular weight excluding hydrogens is 474 g/mol. The summed E-state index contributed by atoms with van der Waals surface area (Å²) in [5.41, 5.74) is 7.81. The summed E-state index contributed by atoms with van der Waals surface area (Å²) in [5.74, 6) is 0.0285. The Morgan fingerprint density at radius 3 is 2.63 bits per heavy atom. The number of nitrogens with one attached hydrogen (secondary N) is 1. The minimum atomic E-state index is -3.08. The summed E-state index contributed by atoms with van der Waals surface area (Å²) in [6.45, 7) is 3.03. The molecule has 0 saturated heterocycles. The highest BCUT2D eigenvalue weighted by Gasteiger charge is 2.37. The number of methoxy groups -OCH3 is 1. The third-order valence-electron chi connectivity index (χ3n) is 5.66. The first kappa shape index (κ1) is 26.4. The Morgan fingerprint density at radius 1 is 1.23 bits per heavy atom. The molecule has 1 aliphatic rings. The van der Waals surface area contributed by atoms with E-state index in [2.05, 4.69) is 10.3 Å². The van der Waals surface area contributed by atoms with E-state index in [1.54, 1.807) is 30.3 Å². The van der Waals surface area contributed by atoms with Crippen LogP contribution in [0.5, 0.6) is 5.88 Å². The van der Waals surface area contributed by atoms with Gasteiger partial charge >= 0.3 is 12.2 Å². The lowest BCUT2D eigenvalue weighted by molar-refractivity contribution is 0.175. The zero-order chi connectivity index (χ0) is 25.6. The van der Waals surface area contributed by atoms with E-state index in [9.17, 15) is 18.0 Å². The molecule has 3 N–H and O–H groups in total. The average molecular weight is 506 g/mol. The maximum absolute atomic E-state index is 13.1. The van der Waals surface area contributed by atoms with Crippen LogP contribution in [0.25, 0.3) is 0 Å². The van der Waals surface area contributed by atoms with E-state index in [1.165, 1.54) is 29.4 Å². The number of rotatable bonds is 8. The number of hydrogen-bond donors (Lipinski definition) is 2. The molecule has 0 saturated carbocycles. The molecule has 3 rings (SSSR count). The summed E-state index contributed by atoms with van der Waals surface area (Å²) < 4.78 is 33.2. The average Bonchev–Trinajstić information content (AvgIpc) is 2.83. The van der Waals surface area contributed by atoms with Crippen molar-refractivity contribution in [3.63, 3.8) is 0 Å². The second-order valence-electron chi connectivity index (χ2n) is 8.35. The van der Waals surface area contributed by atoms with E-state index in [1.807, 2.05) is 13.0 Å². The monoisotopic (exact) mass is 505 g/mol. The van der Waals surface area contributed by atoms with Crippen LogP contribution in [-0.2, 0) is 14.6 Å². The molecule has 0 spiro atoms. The van der Waals surface area contributed by atoms with Crippen molar-refractivity contribution in [1.29, 1.82) is 0 Å². The van der Waals surface area contributed by atoms with Gasteiger partial charge < -0.3 is 20.5 Å². The zero-order valence-corrected chi connectivity index (χ0v) is 20.8. The first-order valence-corrected chi connectivity index (χ1v) is 13.2. The van der Waals surface area contributed by atoms with E-state index >= 15 is 0 Å². The number of hydrogen-bond acceptors (Lipinski definition) is 9. The number of aromatic nitrogens is 1. The van der Waals surface area contributed by atoms with Crippen molar-refractivity contribution in [2.45, 2.75) is 18.9 Å². The van der Waals surface area contributed by atoms with Gasteiger partial charge in [0.1, 0.15) is 9.84 Å². The lowest BCUT2D eigenvalue weighted by Gasteiger charge is -2.40. The van der Waals surface area contributed by atoms with Gasteiger partial charge in [0.2, 0.25) is 5.88 Å². The summed E-state index contributed by atoms with van der Waals surface area (Å²) in [6, 6.07) is 10.0. The maximum atomic E-state index is 13.1. The fourth-order valence-corrected chi connectivity index (χ4v) is 4.38. The van der Waals surface area contributed by atoms with Gasteiger partial charge in [-0.05, 0) is 30.7 Å². The Bertz CT molecular complexity index is 1140. The second kappa shape index (κ2) is 11.5. The minimum Gasteiger partial charge on any atom is -0.452 e. The van der Waals surface area contributed by atoms with Gasteiger partial charge in [-0.1, -0.05) is 12.1 Å². The normalized spacial score (nSPS) is 16.4. The van der Waals surface area contributed by atoms with Crippen LogP contribution in [0.3, 0.4) is 0 Å². The Hall–Kier alpha value is -3.22. The van der Waals surface area contributed by atoms with Crippen LogP contribution in [0.2, 0.25) is 0 Å². The van der Waals surface area contributed by atoms with E-state index in [0.717, 1.165) is 5.56 Å². The highest BCUT2D eigenvalue weighted by atomic mass is 32.2. The van der Waals surface area contributed by atoms with Crippen LogP contribution in [0.4, 0.5) is 21.0 Å². The van der Waals surface area contributed by atoms with Gasteiger partial charge in [0, 0.05) is 44.1 Å². The quantitative estimate of drug-likeness (QED) is 0.513. The van der Waals surface area contributed by atoms with Crippen LogP contribution < -0.4 is 25.6 Å². The number of anilines is 2. The minimum absolute atomic E-state index is 0.0214. The Labute approximate surface area is 205 Å². The van der Waals surface area contributed by atoms with Crippen LogP contribution >= 0.6 is 0 Å². The molecule has 0 radical (unpaired) electrons. The lowest BCUT2D eigenvalue weighted by atomic mass is 9.96. The molecule has 190 valence electrons. The van der Waals surface area contributed by atoms with E-state index in [-0.39, 0.29) is 30.1 Å². The Balaban J connectivity index is 1.91. The predicted octanol–water partition coefficient (Wildman–Crippen LogP) is 1.74.